The Bertz CT molecular complexity index is 496. The Hall–Kier alpha value is -1.63. The first-order chi connectivity index (χ1) is 10.7. The number of unbranched alkanes of at least 4 members (excludes halogenated alkanes) is 1. The third-order valence-electron chi connectivity index (χ3n) is 2.84. The van der Waals surface area contributed by atoms with Crippen LogP contribution in [-0.4, -0.2) is 17.8 Å². The van der Waals surface area contributed by atoms with Crippen molar-refractivity contribution in [1.29, 1.82) is 0 Å². The van der Waals surface area contributed by atoms with Crippen molar-refractivity contribution in [2.24, 2.45) is 0 Å². The van der Waals surface area contributed by atoms with E-state index in [4.69, 9.17) is 4.52 Å². The van der Waals surface area contributed by atoms with Crippen molar-refractivity contribution in [3.05, 3.63) is 72.8 Å². The molecule has 22 heavy (non-hydrogen) atoms. The topological polar surface area (TPSA) is 12.5 Å². The lowest BCUT2D eigenvalue weighted by molar-refractivity contribution is 0.485. The third-order valence-corrected chi connectivity index (χ3v) is 3.42. The molecular weight excluding hydrogens is 289 g/mol. The predicted molar refractivity (Wildman–Crippen MR) is 102 cm³/mol. The van der Waals surface area contributed by atoms with Crippen molar-refractivity contribution in [2.75, 3.05) is 7.11 Å². The summed E-state index contributed by atoms with van der Waals surface area (Å²) in [7, 11) is 2.51. The van der Waals surface area contributed by atoms with Crippen LogP contribution in [0.1, 0.15) is 33.6 Å². The molecule has 120 valence electrons. The van der Waals surface area contributed by atoms with Gasteiger partial charge in [-0.15, -0.1) is 0 Å². The molecule has 2 nitrogen and oxygen atoms in total. The zero-order valence-corrected chi connectivity index (χ0v) is 15.1. The molecule has 0 rings (SSSR count). The molecule has 0 N–H and O–H groups in total. The van der Waals surface area contributed by atoms with Crippen molar-refractivity contribution < 1.29 is 4.52 Å². The molecule has 0 atom stereocenters. The van der Waals surface area contributed by atoms with Gasteiger partial charge < -0.3 is 9.42 Å². The second-order valence-corrected chi connectivity index (χ2v) is 5.25. The molecule has 0 fully saturated rings. The highest BCUT2D eigenvalue weighted by Crippen LogP contribution is 2.23. The lowest BCUT2D eigenvalue weighted by Crippen LogP contribution is -2.21. The maximum Gasteiger partial charge on any atom is 0.0574 e. The van der Waals surface area contributed by atoms with E-state index >= 15 is 0 Å². The minimum Gasteiger partial charge on any atom is -0.329 e. The maximum absolute atomic E-state index is 5.20. The van der Waals surface area contributed by atoms with Gasteiger partial charge in [0.2, 0.25) is 0 Å². The van der Waals surface area contributed by atoms with Crippen molar-refractivity contribution >= 4 is 14.2 Å². The smallest absolute Gasteiger partial charge is 0.0574 e. The largest absolute Gasteiger partial charge is 0.329 e. The van der Waals surface area contributed by atoms with Gasteiger partial charge in [-0.2, -0.15) is 0 Å². The molecule has 0 amide bonds. The van der Waals surface area contributed by atoms with Gasteiger partial charge in [0.05, 0.1) is 8.43 Å². The summed E-state index contributed by atoms with van der Waals surface area (Å²) in [6.45, 7) is 14.0. The van der Waals surface area contributed by atoms with Gasteiger partial charge in [0.1, 0.15) is 0 Å². The van der Waals surface area contributed by atoms with E-state index in [9.17, 15) is 0 Å². The monoisotopic (exact) mass is 317 g/mol. The molecule has 0 aliphatic carbocycles. The number of rotatable bonds is 10. The average molecular weight is 317 g/mol. The molecule has 0 aliphatic heterocycles. The Morgan fingerprint density at radius 1 is 1.18 bits per heavy atom. The Morgan fingerprint density at radius 3 is 2.36 bits per heavy atom. The summed E-state index contributed by atoms with van der Waals surface area (Å²) in [5.41, 5.74) is 3.15. The van der Waals surface area contributed by atoms with Gasteiger partial charge in [-0.3, -0.25) is 0 Å². The fourth-order valence-electron chi connectivity index (χ4n) is 1.87. The van der Waals surface area contributed by atoms with Crippen LogP contribution in [0.4, 0.5) is 0 Å². The fourth-order valence-corrected chi connectivity index (χ4v) is 2.31. The van der Waals surface area contributed by atoms with E-state index in [1.807, 2.05) is 32.1 Å². The van der Waals surface area contributed by atoms with E-state index in [0.717, 1.165) is 38.4 Å². The molecule has 0 radical (unpaired) electrons. The highest BCUT2D eigenvalue weighted by atomic mass is 31.1. The van der Waals surface area contributed by atoms with Crippen LogP contribution >= 0.6 is 8.43 Å². The molecule has 3 heteroatoms. The quantitative estimate of drug-likeness (QED) is 0.361. The molecule has 0 spiro atoms. The van der Waals surface area contributed by atoms with Gasteiger partial charge in [0, 0.05) is 30.0 Å². The Balaban J connectivity index is 6.07. The molecule has 0 unspecified atom stereocenters. The number of hydrogen-bond acceptors (Lipinski definition) is 2. The van der Waals surface area contributed by atoms with E-state index in [-0.39, 0.29) is 0 Å². The molecule has 0 aromatic carbocycles. The maximum atomic E-state index is 5.20. The predicted octanol–water partition coefficient (Wildman–Crippen LogP) is 6.02. The second-order valence-electron chi connectivity index (χ2n) is 4.42. The lowest BCUT2D eigenvalue weighted by atomic mass is 10.2. The first-order valence-corrected chi connectivity index (χ1v) is 8.39. The lowest BCUT2D eigenvalue weighted by Gasteiger charge is -2.28. The summed E-state index contributed by atoms with van der Waals surface area (Å²) in [6, 6.07) is 0. The average Bonchev–Trinajstić information content (AvgIpc) is 2.54. The standard InChI is InChI=1S/C19H28NOP/c1-7-12-15-19(16-22-21-6)20(17(10-4)13-8-2)18(11-5)14-9-3/h8-11,13-16H,2,4,7,12H2,1,3,5-6H3/b14-9-,17-13+,18-11+,19-15+. The van der Waals surface area contributed by atoms with Crippen LogP contribution in [0.3, 0.4) is 0 Å². The van der Waals surface area contributed by atoms with Crippen molar-refractivity contribution in [3.8, 4) is 0 Å². The van der Waals surface area contributed by atoms with Crippen LogP contribution in [0.15, 0.2) is 72.8 Å². The Morgan fingerprint density at radius 2 is 1.91 bits per heavy atom. The Labute approximate surface area is 137 Å². The molecule has 0 bridgehead atoms. The van der Waals surface area contributed by atoms with E-state index in [2.05, 4.69) is 49.0 Å². The first-order valence-electron chi connectivity index (χ1n) is 7.51. The summed E-state index contributed by atoms with van der Waals surface area (Å²) in [5.74, 6) is 2.06. The minimum atomic E-state index is 0.816. The summed E-state index contributed by atoms with van der Waals surface area (Å²) in [4.78, 5) is 2.16. The van der Waals surface area contributed by atoms with Crippen LogP contribution in [-0.2, 0) is 4.52 Å². The zero-order valence-electron chi connectivity index (χ0n) is 14.2. The minimum absolute atomic E-state index is 0.816. The second kappa shape index (κ2) is 13.1. The van der Waals surface area contributed by atoms with Crippen LogP contribution in [0.2, 0.25) is 0 Å². The summed E-state index contributed by atoms with van der Waals surface area (Å²) >= 11 is 0. The molecule has 0 aliphatic rings. The first kappa shape index (κ1) is 20.4. The van der Waals surface area contributed by atoms with E-state index in [1.54, 1.807) is 13.2 Å². The molecule has 0 saturated heterocycles. The van der Waals surface area contributed by atoms with Crippen molar-refractivity contribution in [2.45, 2.75) is 33.6 Å². The highest BCUT2D eigenvalue weighted by Gasteiger charge is 2.13. The van der Waals surface area contributed by atoms with Gasteiger partial charge in [0.15, 0.2) is 0 Å². The molecule has 0 heterocycles. The SMILES string of the molecule is C=C/C=C(\C=C)N(/C(C=POC)=C/CCC)C(/C=C\C)=C/C. The number of nitrogens with zero attached hydrogens (tertiary/aromatic N) is 1. The van der Waals surface area contributed by atoms with Gasteiger partial charge in [0.25, 0.3) is 0 Å². The van der Waals surface area contributed by atoms with Gasteiger partial charge in [-0.25, -0.2) is 0 Å². The normalized spacial score (nSPS) is 13.9. The van der Waals surface area contributed by atoms with E-state index in [1.165, 1.54) is 0 Å². The Kier molecular flexibility index (Phi) is 12.1. The summed E-state index contributed by atoms with van der Waals surface area (Å²) in [5, 5.41) is 0. The van der Waals surface area contributed by atoms with Crippen molar-refractivity contribution in [3.63, 3.8) is 0 Å². The van der Waals surface area contributed by atoms with E-state index in [0.29, 0.717) is 0 Å². The van der Waals surface area contributed by atoms with Crippen LogP contribution in [0.25, 0.3) is 0 Å². The number of allylic oxidation sites excluding steroid dienone is 8. The summed E-state index contributed by atoms with van der Waals surface area (Å²) in [6.07, 6.45) is 16.1. The van der Waals surface area contributed by atoms with Crippen LogP contribution in [0, 0.1) is 0 Å². The van der Waals surface area contributed by atoms with Crippen LogP contribution < -0.4 is 0 Å². The highest BCUT2D eigenvalue weighted by molar-refractivity contribution is 7.33. The van der Waals surface area contributed by atoms with E-state index < -0.39 is 0 Å². The molecule has 0 saturated carbocycles. The van der Waals surface area contributed by atoms with Gasteiger partial charge in [-0.05, 0) is 38.5 Å². The van der Waals surface area contributed by atoms with Gasteiger partial charge >= 0.3 is 0 Å². The number of hydrogen-bond donors (Lipinski definition) is 0. The molecular formula is C19H28NOP. The molecule has 0 aromatic rings. The summed E-state index contributed by atoms with van der Waals surface area (Å²) < 4.78 is 5.20. The third kappa shape index (κ3) is 6.89. The van der Waals surface area contributed by atoms with Crippen LogP contribution in [0.5, 0.6) is 0 Å². The molecule has 0 aromatic heterocycles. The van der Waals surface area contributed by atoms with Crippen molar-refractivity contribution in [1.82, 2.24) is 4.90 Å². The zero-order chi connectivity index (χ0) is 16.8. The van der Waals surface area contributed by atoms with Gasteiger partial charge in [-0.1, -0.05) is 50.8 Å². The fraction of sp³-hybridized carbons (Fsp3) is 0.316.